The maximum Gasteiger partial charge on any atom is 0.472 e. The molecule has 0 aliphatic carbocycles. The lowest BCUT2D eigenvalue weighted by molar-refractivity contribution is -0.0690. The highest BCUT2D eigenvalue weighted by Gasteiger charge is 2.58. The largest absolute Gasteiger partial charge is 0.495 e. The normalized spacial score (nSPS) is 20.9. The molecule has 6 atom stereocenters. The molecule has 1 fully saturated rings. The number of methoxy groups -OCH3 is 1. The Hall–Kier alpha value is -2.80. The number of rotatable bonds is 30. The number of aliphatic hydroxyl groups excluding tert-OH is 2. The van der Waals surface area contributed by atoms with Crippen LogP contribution in [0.2, 0.25) is 5.02 Å². The van der Waals surface area contributed by atoms with Gasteiger partial charge in [0, 0.05) is 12.8 Å². The van der Waals surface area contributed by atoms with E-state index in [9.17, 15) is 24.9 Å². The van der Waals surface area contributed by atoms with Crippen molar-refractivity contribution in [1.29, 1.82) is 5.26 Å². The number of hydrogen-bond acceptors (Lipinski definition) is 12. The van der Waals surface area contributed by atoms with E-state index < -0.39 is 44.4 Å². The molecule has 3 heterocycles. The quantitative estimate of drug-likeness (QED) is 0.0368. The van der Waals surface area contributed by atoms with Crippen LogP contribution in [0.3, 0.4) is 0 Å². The Kier molecular flexibility index (Phi) is 20.7. The highest BCUT2D eigenvalue weighted by molar-refractivity contribution is 7.47. The van der Waals surface area contributed by atoms with Gasteiger partial charge < -0.3 is 39.8 Å². The number of nitrogen functional groups attached to an aromatic ring is 1. The molecule has 1 saturated heterocycles. The number of fused-ring (bicyclic) bond motifs is 1. The number of nitrogens with zero attached hydrogens (tertiary/aromatic N) is 3. The van der Waals surface area contributed by atoms with Crippen molar-refractivity contribution in [2.45, 2.75) is 146 Å². The molecule has 1 unspecified atom stereocenters. The summed E-state index contributed by atoms with van der Waals surface area (Å²) in [6, 6.07) is 11.8. The molecule has 1 aliphatic heterocycles. The lowest BCUT2D eigenvalue weighted by Crippen LogP contribution is -2.41. The predicted molar refractivity (Wildman–Crippen MR) is 222 cm³/mol. The summed E-state index contributed by atoms with van der Waals surface area (Å²) in [5.41, 5.74) is 5.66. The minimum Gasteiger partial charge on any atom is -0.495 e. The summed E-state index contributed by atoms with van der Waals surface area (Å²) in [4.78, 5) is 10.6. The molecule has 324 valence electrons. The zero-order valence-corrected chi connectivity index (χ0v) is 35.8. The van der Waals surface area contributed by atoms with Crippen LogP contribution in [0, 0.1) is 11.3 Å². The van der Waals surface area contributed by atoms with Crippen molar-refractivity contribution in [3.63, 3.8) is 0 Å². The summed E-state index contributed by atoms with van der Waals surface area (Å²) < 4.78 is 47.9. The van der Waals surface area contributed by atoms with Crippen LogP contribution in [0.25, 0.3) is 5.52 Å². The van der Waals surface area contributed by atoms with Crippen LogP contribution in [0.4, 0.5) is 5.69 Å². The van der Waals surface area contributed by atoms with Gasteiger partial charge in [0.1, 0.15) is 36.2 Å². The molecule has 58 heavy (non-hydrogen) atoms. The van der Waals surface area contributed by atoms with Crippen LogP contribution in [-0.2, 0) is 40.0 Å². The van der Waals surface area contributed by atoms with Gasteiger partial charge in [-0.05, 0) is 42.3 Å². The van der Waals surface area contributed by atoms with E-state index >= 15 is 0 Å². The fourth-order valence-electron chi connectivity index (χ4n) is 7.14. The van der Waals surface area contributed by atoms with Crippen molar-refractivity contribution in [2.75, 3.05) is 39.3 Å². The highest BCUT2D eigenvalue weighted by atomic mass is 35.5. The second-order valence-electron chi connectivity index (χ2n) is 15.1. The number of hydrogen-bond donors (Lipinski definition) is 4. The highest BCUT2D eigenvalue weighted by Crippen LogP contribution is 2.46. The summed E-state index contributed by atoms with van der Waals surface area (Å²) in [7, 11) is -3.23. The average molecular weight is 851 g/mol. The number of ether oxygens (including phenoxy) is 4. The Morgan fingerprint density at radius 3 is 2.19 bits per heavy atom. The Morgan fingerprint density at radius 2 is 1.59 bits per heavy atom. The average Bonchev–Trinajstić information content (AvgIpc) is 3.76. The molecule has 5 N–H and O–H groups in total. The number of aliphatic hydroxyl groups is 2. The molecule has 0 bridgehead atoms. The summed E-state index contributed by atoms with van der Waals surface area (Å²) in [6.07, 6.45) is 16.3. The molecule has 14 nitrogen and oxygen atoms in total. The number of benzene rings is 1. The number of unbranched alkanes of at least 4 members (excludes halogenated alkanes) is 15. The number of phosphoric ester groups is 1. The van der Waals surface area contributed by atoms with Crippen LogP contribution in [0.5, 0.6) is 5.75 Å². The first-order chi connectivity index (χ1) is 28.0. The number of nitrogens with two attached hydrogens (primary N) is 1. The van der Waals surface area contributed by atoms with Crippen molar-refractivity contribution in [2.24, 2.45) is 0 Å². The van der Waals surface area contributed by atoms with E-state index in [1.807, 2.05) is 6.07 Å². The van der Waals surface area contributed by atoms with Crippen LogP contribution >= 0.6 is 19.4 Å². The van der Waals surface area contributed by atoms with E-state index in [0.717, 1.165) is 24.8 Å². The topological polar surface area (TPSA) is 200 Å². The van der Waals surface area contributed by atoms with Crippen molar-refractivity contribution < 1.29 is 47.7 Å². The molecule has 0 spiro atoms. The molecular weight excluding hydrogens is 787 g/mol. The van der Waals surface area contributed by atoms with Gasteiger partial charge >= 0.3 is 7.82 Å². The number of aromatic nitrogens is 2. The standard InChI is InChI=1S/C42H64ClN4O10P/c1-3-4-5-6-7-8-9-10-11-12-13-14-15-16-17-18-25-53-28-33(54-27-32-19-21-37(52-2)34(43)26-32)29-55-58(50,51)56-30-38-40(48)41(49)42(31-44,57-38)39-22-20-36-35(45)23-24-46-47(36)39/h19-24,26,33,38,40-41,48-49H,3-18,25,27-30,45H2,1-2H3,(H,50,51)/t33-,38-,40-,41-,42+/m1/s1. The molecule has 0 amide bonds. The van der Waals surface area contributed by atoms with Gasteiger partial charge in [-0.3, -0.25) is 9.05 Å². The molecule has 1 aliphatic rings. The van der Waals surface area contributed by atoms with Gasteiger partial charge in [-0.1, -0.05) is 121 Å². The molecule has 1 aromatic carbocycles. The lowest BCUT2D eigenvalue weighted by Gasteiger charge is -2.24. The Bertz CT molecular complexity index is 1740. The van der Waals surface area contributed by atoms with E-state index in [0.29, 0.717) is 28.6 Å². The van der Waals surface area contributed by atoms with Crippen LogP contribution < -0.4 is 10.5 Å². The number of nitriles is 1. The maximum absolute atomic E-state index is 13.1. The minimum atomic E-state index is -4.76. The first-order valence-electron chi connectivity index (χ1n) is 20.9. The molecular formula is C42H64ClN4O10P. The zero-order chi connectivity index (χ0) is 41.8. The number of phosphoric acid groups is 1. The van der Waals surface area contributed by atoms with Gasteiger partial charge in [0.15, 0.2) is 0 Å². The zero-order valence-electron chi connectivity index (χ0n) is 34.1. The van der Waals surface area contributed by atoms with E-state index in [1.165, 1.54) is 107 Å². The molecule has 16 heteroatoms. The van der Waals surface area contributed by atoms with Gasteiger partial charge in [0.2, 0.25) is 5.60 Å². The lowest BCUT2D eigenvalue weighted by atomic mass is 9.92. The fourth-order valence-corrected chi connectivity index (χ4v) is 8.19. The third kappa shape index (κ3) is 14.4. The smallest absolute Gasteiger partial charge is 0.472 e. The second kappa shape index (κ2) is 25.1. The predicted octanol–water partition coefficient (Wildman–Crippen LogP) is 8.42. The summed E-state index contributed by atoms with van der Waals surface area (Å²) >= 11 is 6.29. The van der Waals surface area contributed by atoms with Gasteiger partial charge in [-0.25, -0.2) is 9.08 Å². The fraction of sp³-hybridized carbons (Fsp3) is 0.667. The maximum atomic E-state index is 13.1. The second-order valence-corrected chi connectivity index (χ2v) is 16.9. The molecule has 0 radical (unpaired) electrons. The molecule has 0 saturated carbocycles. The van der Waals surface area contributed by atoms with Crippen molar-refractivity contribution in [3.8, 4) is 11.8 Å². The van der Waals surface area contributed by atoms with E-state index in [1.54, 1.807) is 30.3 Å². The Labute approximate surface area is 348 Å². The van der Waals surface area contributed by atoms with Crippen LogP contribution in [-0.4, -0.2) is 82.7 Å². The van der Waals surface area contributed by atoms with Crippen molar-refractivity contribution >= 4 is 30.6 Å². The first kappa shape index (κ1) is 47.9. The Morgan fingerprint density at radius 1 is 0.948 bits per heavy atom. The van der Waals surface area contributed by atoms with Crippen LogP contribution in [0.15, 0.2) is 42.6 Å². The first-order valence-corrected chi connectivity index (χ1v) is 22.7. The van der Waals surface area contributed by atoms with E-state index in [2.05, 4.69) is 12.0 Å². The number of halogens is 1. The van der Waals surface area contributed by atoms with E-state index in [-0.39, 0.29) is 25.5 Å². The molecule has 2 aromatic heterocycles. The van der Waals surface area contributed by atoms with Gasteiger partial charge in [-0.15, -0.1) is 0 Å². The molecule has 3 aromatic rings. The van der Waals surface area contributed by atoms with Crippen molar-refractivity contribution in [1.82, 2.24) is 9.61 Å². The molecule has 4 rings (SSSR count). The van der Waals surface area contributed by atoms with Crippen molar-refractivity contribution in [3.05, 3.63) is 58.9 Å². The Balaban J connectivity index is 1.19. The SMILES string of the molecule is CCCCCCCCCCCCCCCCCCOC[C@H](COP(=O)(O)OC[C@H]1O[C@@](C#N)(c2ccc3c(N)ccnn23)[C@H](O)[C@@H]1O)OCc1ccc(OC)c(Cl)c1. The van der Waals surface area contributed by atoms with Gasteiger partial charge in [-0.2, -0.15) is 10.4 Å². The van der Waals surface area contributed by atoms with E-state index in [4.69, 9.17) is 45.3 Å². The van der Waals surface area contributed by atoms with Gasteiger partial charge in [0.05, 0.1) is 55.5 Å². The van der Waals surface area contributed by atoms with Crippen LogP contribution in [0.1, 0.15) is 121 Å². The monoisotopic (exact) mass is 850 g/mol. The minimum absolute atomic E-state index is 0.0911. The third-order valence-electron chi connectivity index (χ3n) is 10.6. The number of anilines is 1. The third-order valence-corrected chi connectivity index (χ3v) is 11.8. The van der Waals surface area contributed by atoms with Gasteiger partial charge in [0.25, 0.3) is 0 Å². The summed E-state index contributed by atoms with van der Waals surface area (Å²) in [5, 5.41) is 36.6. The summed E-state index contributed by atoms with van der Waals surface area (Å²) in [6.45, 7) is 1.92. The summed E-state index contributed by atoms with van der Waals surface area (Å²) in [5.74, 6) is 0.518.